The summed E-state index contributed by atoms with van der Waals surface area (Å²) in [5.74, 6) is -0.683. The standard InChI is InChI=1S/C22H26BFN4O3S/c1-21(2)22(3,4)31-23(30-21)16-11-15-17(12-18(16)27(6)32)26-28(19(15)20(29)25-5)14-9-7-13(24)8-10-14/h7-12,32H,1-6H3,(H,25,29). The topological polar surface area (TPSA) is 68.6 Å². The molecule has 10 heteroatoms. The monoisotopic (exact) mass is 456 g/mol. The van der Waals surface area contributed by atoms with Gasteiger partial charge >= 0.3 is 7.12 Å². The zero-order chi connectivity index (χ0) is 23.4. The molecule has 0 saturated carbocycles. The van der Waals surface area contributed by atoms with E-state index >= 15 is 0 Å². The van der Waals surface area contributed by atoms with Gasteiger partial charge in [0, 0.05) is 30.6 Å². The molecule has 7 nitrogen and oxygen atoms in total. The van der Waals surface area contributed by atoms with Crippen molar-refractivity contribution in [2.75, 3.05) is 18.4 Å². The van der Waals surface area contributed by atoms with Crippen LogP contribution in [0.4, 0.5) is 10.1 Å². The molecule has 1 aromatic heterocycles. The lowest BCUT2D eigenvalue weighted by molar-refractivity contribution is 0.00578. The van der Waals surface area contributed by atoms with Crippen molar-refractivity contribution in [3.05, 3.63) is 47.9 Å². The Morgan fingerprint density at radius 3 is 2.28 bits per heavy atom. The Kier molecular flexibility index (Phi) is 5.51. The van der Waals surface area contributed by atoms with Crippen LogP contribution in [0, 0.1) is 5.82 Å². The Hall–Kier alpha value is -2.56. The van der Waals surface area contributed by atoms with Crippen LogP contribution in [0.5, 0.6) is 0 Å². The van der Waals surface area contributed by atoms with Crippen molar-refractivity contribution in [3.63, 3.8) is 0 Å². The second-order valence-electron chi connectivity index (χ2n) is 8.86. The highest BCUT2D eigenvalue weighted by Crippen LogP contribution is 2.38. The lowest BCUT2D eigenvalue weighted by Gasteiger charge is -2.32. The van der Waals surface area contributed by atoms with Gasteiger partial charge in [0.1, 0.15) is 11.5 Å². The van der Waals surface area contributed by atoms with Gasteiger partial charge in [0.2, 0.25) is 0 Å². The molecule has 0 atom stereocenters. The molecular weight excluding hydrogens is 430 g/mol. The zero-order valence-electron chi connectivity index (χ0n) is 18.9. The first-order valence-corrected chi connectivity index (χ1v) is 10.7. The van der Waals surface area contributed by atoms with Gasteiger partial charge in [-0.2, -0.15) is 5.10 Å². The highest BCUT2D eigenvalue weighted by molar-refractivity contribution is 7.81. The predicted molar refractivity (Wildman–Crippen MR) is 128 cm³/mol. The third-order valence-electron chi connectivity index (χ3n) is 6.19. The maximum atomic E-state index is 13.5. The number of carbonyl (C=O) groups excluding carboxylic acids is 1. The molecule has 2 aromatic carbocycles. The number of fused-ring (bicyclic) bond motifs is 1. The smallest absolute Gasteiger partial charge is 0.399 e. The van der Waals surface area contributed by atoms with Gasteiger partial charge in [-0.15, -0.1) is 0 Å². The van der Waals surface area contributed by atoms with E-state index in [1.54, 1.807) is 30.5 Å². The van der Waals surface area contributed by atoms with E-state index in [1.807, 2.05) is 39.8 Å². The zero-order valence-corrected chi connectivity index (χ0v) is 19.8. The van der Waals surface area contributed by atoms with Crippen LogP contribution in [0.15, 0.2) is 36.4 Å². The molecule has 4 rings (SSSR count). The first kappa shape index (κ1) is 22.6. The third kappa shape index (κ3) is 3.66. The fourth-order valence-corrected chi connectivity index (χ4v) is 3.86. The van der Waals surface area contributed by atoms with Crippen molar-refractivity contribution in [1.82, 2.24) is 15.1 Å². The molecule has 1 aliphatic rings. The largest absolute Gasteiger partial charge is 0.497 e. The fourth-order valence-electron chi connectivity index (χ4n) is 3.68. The minimum absolute atomic E-state index is 0.316. The van der Waals surface area contributed by atoms with Crippen molar-refractivity contribution in [3.8, 4) is 5.69 Å². The van der Waals surface area contributed by atoms with E-state index in [0.29, 0.717) is 22.3 Å². The van der Waals surface area contributed by atoms with Crippen molar-refractivity contribution in [2.24, 2.45) is 0 Å². The first-order valence-electron chi connectivity index (χ1n) is 10.3. The number of hydrogen-bond acceptors (Lipinski definition) is 6. The molecule has 1 N–H and O–H groups in total. The third-order valence-corrected chi connectivity index (χ3v) is 6.40. The van der Waals surface area contributed by atoms with Crippen LogP contribution in [0.2, 0.25) is 0 Å². The second kappa shape index (κ2) is 7.79. The van der Waals surface area contributed by atoms with Crippen molar-refractivity contribution in [2.45, 2.75) is 38.9 Å². The number of nitrogens with zero attached hydrogens (tertiary/aromatic N) is 3. The van der Waals surface area contributed by atoms with Crippen LogP contribution in [0.3, 0.4) is 0 Å². The number of benzene rings is 2. The van der Waals surface area contributed by atoms with Crippen LogP contribution in [-0.4, -0.2) is 48.1 Å². The van der Waals surface area contributed by atoms with Gasteiger partial charge in [-0.3, -0.25) is 4.79 Å². The lowest BCUT2D eigenvalue weighted by Crippen LogP contribution is -2.41. The molecule has 0 radical (unpaired) electrons. The van der Waals surface area contributed by atoms with Crippen LogP contribution in [0.1, 0.15) is 38.2 Å². The maximum absolute atomic E-state index is 13.5. The molecule has 32 heavy (non-hydrogen) atoms. The molecular formula is C22H26BFN4O3S. The predicted octanol–water partition coefficient (Wildman–Crippen LogP) is 3.10. The lowest BCUT2D eigenvalue weighted by atomic mass is 9.77. The molecule has 2 heterocycles. The van der Waals surface area contributed by atoms with Crippen molar-refractivity contribution >= 4 is 47.9 Å². The molecule has 1 aliphatic heterocycles. The fraction of sp³-hybridized carbons (Fsp3) is 0.364. The van der Waals surface area contributed by atoms with Crippen LogP contribution in [-0.2, 0) is 9.31 Å². The van der Waals surface area contributed by atoms with Gasteiger partial charge in [0.15, 0.2) is 0 Å². The number of thiol groups is 1. The molecule has 1 amide bonds. The molecule has 0 spiro atoms. The SMILES string of the molecule is CNC(=O)c1c2cc(B3OC(C)(C)C(C)(C)O3)c(N(C)S)cc2nn1-c1ccc(F)cc1. The summed E-state index contributed by atoms with van der Waals surface area (Å²) < 4.78 is 29.2. The van der Waals surface area contributed by atoms with Gasteiger partial charge in [0.05, 0.1) is 22.4 Å². The van der Waals surface area contributed by atoms with E-state index < -0.39 is 18.3 Å². The molecule has 168 valence electrons. The average Bonchev–Trinajstić information content (AvgIpc) is 3.20. The normalized spacial score (nSPS) is 17.1. The van der Waals surface area contributed by atoms with Gasteiger partial charge in [-0.1, -0.05) is 12.8 Å². The summed E-state index contributed by atoms with van der Waals surface area (Å²) in [7, 11) is 2.71. The highest BCUT2D eigenvalue weighted by atomic mass is 32.1. The summed E-state index contributed by atoms with van der Waals surface area (Å²) in [4.78, 5) is 12.9. The minimum atomic E-state index is -0.652. The molecule has 1 fully saturated rings. The Morgan fingerprint density at radius 2 is 1.75 bits per heavy atom. The van der Waals surface area contributed by atoms with E-state index in [2.05, 4.69) is 23.2 Å². The number of carbonyl (C=O) groups is 1. The van der Waals surface area contributed by atoms with Gasteiger partial charge in [-0.25, -0.2) is 9.07 Å². The Bertz CT molecular complexity index is 1180. The van der Waals surface area contributed by atoms with Gasteiger partial charge in [0.25, 0.3) is 5.91 Å². The van der Waals surface area contributed by atoms with E-state index in [0.717, 1.165) is 11.2 Å². The second-order valence-corrected chi connectivity index (χ2v) is 9.46. The molecule has 1 saturated heterocycles. The summed E-state index contributed by atoms with van der Waals surface area (Å²) in [6.45, 7) is 7.94. The minimum Gasteiger partial charge on any atom is -0.399 e. The number of aromatic nitrogens is 2. The molecule has 0 unspecified atom stereocenters. The molecule has 0 bridgehead atoms. The Labute approximate surface area is 192 Å². The first-order chi connectivity index (χ1) is 14.9. The summed E-state index contributed by atoms with van der Waals surface area (Å²) in [6, 6.07) is 9.52. The van der Waals surface area contributed by atoms with E-state index in [1.165, 1.54) is 16.8 Å². The van der Waals surface area contributed by atoms with Crippen LogP contribution in [0.25, 0.3) is 16.6 Å². The quantitative estimate of drug-likeness (QED) is 0.467. The Balaban J connectivity index is 1.96. The summed E-state index contributed by atoms with van der Waals surface area (Å²) in [5.41, 5.74) is 1.91. The number of amides is 1. The van der Waals surface area contributed by atoms with Crippen molar-refractivity contribution < 1.29 is 18.5 Å². The summed E-state index contributed by atoms with van der Waals surface area (Å²) >= 11 is 4.50. The molecule has 3 aromatic rings. The number of hydrogen-bond donors (Lipinski definition) is 2. The molecule has 0 aliphatic carbocycles. The van der Waals surface area contributed by atoms with Crippen LogP contribution >= 0.6 is 12.8 Å². The number of halogens is 1. The summed E-state index contributed by atoms with van der Waals surface area (Å²) in [6.07, 6.45) is 0. The Morgan fingerprint density at radius 1 is 1.16 bits per heavy atom. The van der Waals surface area contributed by atoms with Crippen molar-refractivity contribution in [1.29, 1.82) is 0 Å². The highest BCUT2D eigenvalue weighted by Gasteiger charge is 2.52. The van der Waals surface area contributed by atoms with E-state index in [-0.39, 0.29) is 11.7 Å². The number of nitrogens with one attached hydrogen (secondary N) is 1. The maximum Gasteiger partial charge on any atom is 0.497 e. The number of anilines is 1. The summed E-state index contributed by atoms with van der Waals surface area (Å²) in [5, 5.41) is 7.94. The van der Waals surface area contributed by atoms with E-state index in [4.69, 9.17) is 9.31 Å². The number of rotatable bonds is 4. The van der Waals surface area contributed by atoms with Gasteiger partial charge in [-0.05, 0) is 64.1 Å². The average molecular weight is 456 g/mol. The van der Waals surface area contributed by atoms with Crippen LogP contribution < -0.4 is 15.1 Å². The van der Waals surface area contributed by atoms with E-state index in [9.17, 15) is 9.18 Å². The van der Waals surface area contributed by atoms with Gasteiger partial charge < -0.3 is 18.9 Å².